The fourth-order valence-corrected chi connectivity index (χ4v) is 4.01. The molecule has 1 saturated heterocycles. The van der Waals surface area contributed by atoms with Gasteiger partial charge in [-0.3, -0.25) is 9.59 Å². The van der Waals surface area contributed by atoms with E-state index < -0.39 is 0 Å². The monoisotopic (exact) mass is 405 g/mol. The van der Waals surface area contributed by atoms with Gasteiger partial charge in [0.2, 0.25) is 11.8 Å². The van der Waals surface area contributed by atoms with Crippen molar-refractivity contribution in [2.45, 2.75) is 26.2 Å². The first-order valence-electron chi connectivity index (χ1n) is 9.76. The van der Waals surface area contributed by atoms with Crippen LogP contribution in [0.2, 0.25) is 0 Å². The molecule has 0 atom stereocenters. The molecule has 2 aromatic heterocycles. The molecule has 9 heteroatoms. The van der Waals surface area contributed by atoms with Crippen molar-refractivity contribution >= 4 is 38.6 Å². The van der Waals surface area contributed by atoms with E-state index in [1.165, 1.54) is 0 Å². The van der Waals surface area contributed by atoms with Crippen molar-refractivity contribution in [1.82, 2.24) is 20.2 Å². The molecule has 3 rings (SSSR count). The highest BCUT2D eigenvalue weighted by molar-refractivity contribution is 7.21. The molecule has 152 valence electrons. The van der Waals surface area contributed by atoms with E-state index >= 15 is 0 Å². The minimum Gasteiger partial charge on any atom is -0.382 e. The average Bonchev–Trinajstić information content (AvgIpc) is 3.16. The van der Waals surface area contributed by atoms with E-state index in [4.69, 9.17) is 4.74 Å². The lowest BCUT2D eigenvalue weighted by Crippen LogP contribution is -2.48. The first kappa shape index (κ1) is 20.5. The number of hydrogen-bond acceptors (Lipinski definition) is 7. The van der Waals surface area contributed by atoms with Gasteiger partial charge in [0.25, 0.3) is 0 Å². The van der Waals surface area contributed by atoms with E-state index in [9.17, 15) is 9.59 Å². The van der Waals surface area contributed by atoms with Crippen LogP contribution in [0.25, 0.3) is 10.3 Å². The first-order chi connectivity index (χ1) is 13.7. The number of ether oxygens (including phenoxy) is 1. The maximum Gasteiger partial charge on any atom is 0.223 e. The van der Waals surface area contributed by atoms with Gasteiger partial charge in [0.15, 0.2) is 5.13 Å². The van der Waals surface area contributed by atoms with Crippen LogP contribution in [0.15, 0.2) is 18.3 Å². The Kier molecular flexibility index (Phi) is 7.55. The number of thiazole rings is 1. The molecule has 8 nitrogen and oxygen atoms in total. The van der Waals surface area contributed by atoms with Crippen LogP contribution in [-0.4, -0.2) is 72.6 Å². The van der Waals surface area contributed by atoms with Gasteiger partial charge in [-0.25, -0.2) is 9.97 Å². The van der Waals surface area contributed by atoms with Crippen LogP contribution >= 0.6 is 11.3 Å². The van der Waals surface area contributed by atoms with E-state index in [0.717, 1.165) is 35.0 Å². The third-order valence-electron chi connectivity index (χ3n) is 4.62. The summed E-state index contributed by atoms with van der Waals surface area (Å²) in [7, 11) is 0. The van der Waals surface area contributed by atoms with Gasteiger partial charge in [-0.1, -0.05) is 11.3 Å². The molecule has 28 heavy (non-hydrogen) atoms. The van der Waals surface area contributed by atoms with E-state index in [2.05, 4.69) is 20.2 Å². The van der Waals surface area contributed by atoms with Crippen LogP contribution in [0.3, 0.4) is 0 Å². The predicted molar refractivity (Wildman–Crippen MR) is 110 cm³/mol. The zero-order chi connectivity index (χ0) is 19.8. The highest BCUT2D eigenvalue weighted by atomic mass is 32.1. The van der Waals surface area contributed by atoms with Crippen LogP contribution < -0.4 is 10.2 Å². The third-order valence-corrected chi connectivity index (χ3v) is 5.66. The van der Waals surface area contributed by atoms with Gasteiger partial charge in [0.1, 0.15) is 10.3 Å². The molecule has 0 aromatic carbocycles. The molecule has 0 bridgehead atoms. The summed E-state index contributed by atoms with van der Waals surface area (Å²) in [6.45, 7) is 6.65. The van der Waals surface area contributed by atoms with E-state index in [1.807, 2.05) is 24.0 Å². The van der Waals surface area contributed by atoms with Gasteiger partial charge in [-0.2, -0.15) is 0 Å². The molecule has 2 aromatic rings. The summed E-state index contributed by atoms with van der Waals surface area (Å²) in [5, 5.41) is 3.78. The van der Waals surface area contributed by atoms with Crippen LogP contribution in [0, 0.1) is 0 Å². The minimum atomic E-state index is -0.0783. The van der Waals surface area contributed by atoms with Crippen LogP contribution in [0.4, 0.5) is 5.13 Å². The Hall–Kier alpha value is -2.26. The number of fused-ring (bicyclic) bond motifs is 1. The number of anilines is 1. The summed E-state index contributed by atoms with van der Waals surface area (Å²) in [6, 6.07) is 3.85. The van der Waals surface area contributed by atoms with Crippen molar-refractivity contribution in [3.05, 3.63) is 18.3 Å². The molecule has 0 saturated carbocycles. The number of pyridine rings is 1. The molecule has 1 aliphatic heterocycles. The Morgan fingerprint density at radius 1 is 1.25 bits per heavy atom. The molecule has 1 fully saturated rings. The topological polar surface area (TPSA) is 87.7 Å². The fourth-order valence-electron chi connectivity index (χ4n) is 3.05. The van der Waals surface area contributed by atoms with Gasteiger partial charge < -0.3 is 19.9 Å². The summed E-state index contributed by atoms with van der Waals surface area (Å²) in [5.74, 6) is -0.0412. The number of piperazine rings is 1. The summed E-state index contributed by atoms with van der Waals surface area (Å²) >= 11 is 1.58. The van der Waals surface area contributed by atoms with Crippen molar-refractivity contribution in [3.63, 3.8) is 0 Å². The summed E-state index contributed by atoms with van der Waals surface area (Å²) < 4.78 is 5.23. The first-order valence-corrected chi connectivity index (χ1v) is 10.6. The van der Waals surface area contributed by atoms with Crippen LogP contribution in [0.5, 0.6) is 0 Å². The zero-order valence-corrected chi connectivity index (χ0v) is 17.0. The van der Waals surface area contributed by atoms with Crippen molar-refractivity contribution in [2.24, 2.45) is 0 Å². The van der Waals surface area contributed by atoms with E-state index in [1.54, 1.807) is 17.5 Å². The predicted octanol–water partition coefficient (Wildman–Crippen LogP) is 1.66. The second kappa shape index (κ2) is 10.3. The van der Waals surface area contributed by atoms with Crippen molar-refractivity contribution in [1.29, 1.82) is 0 Å². The molecule has 1 N–H and O–H groups in total. The number of aromatic nitrogens is 2. The Morgan fingerprint density at radius 2 is 2.07 bits per heavy atom. The number of nitrogens with one attached hydrogen (secondary N) is 1. The number of hydrogen-bond donors (Lipinski definition) is 1. The van der Waals surface area contributed by atoms with Crippen molar-refractivity contribution in [2.75, 3.05) is 50.8 Å². The molecule has 0 aliphatic carbocycles. The second-order valence-corrected chi connectivity index (χ2v) is 7.55. The Bertz CT molecular complexity index is 756. The van der Waals surface area contributed by atoms with Crippen molar-refractivity contribution in [3.8, 4) is 0 Å². The van der Waals surface area contributed by atoms with Crippen molar-refractivity contribution < 1.29 is 14.3 Å². The SMILES string of the molecule is CCOCCCNC(=O)CCC(=O)N1CCN(c2nc3cccnc3s2)CC1. The summed E-state index contributed by atoms with van der Waals surface area (Å²) in [4.78, 5) is 38.2. The lowest BCUT2D eigenvalue weighted by molar-refractivity contribution is -0.133. The van der Waals surface area contributed by atoms with Gasteiger partial charge in [0, 0.05) is 65.0 Å². The number of rotatable bonds is 9. The smallest absolute Gasteiger partial charge is 0.223 e. The minimum absolute atomic E-state index is 0.0371. The second-order valence-electron chi connectivity index (χ2n) is 6.59. The molecular formula is C19H27N5O3S. The van der Waals surface area contributed by atoms with Gasteiger partial charge in [-0.05, 0) is 25.5 Å². The lowest BCUT2D eigenvalue weighted by atomic mass is 10.2. The maximum atomic E-state index is 12.4. The number of carbonyl (C=O) groups excluding carboxylic acids is 2. The van der Waals surface area contributed by atoms with Gasteiger partial charge in [0.05, 0.1) is 0 Å². The molecular weight excluding hydrogens is 378 g/mol. The largest absolute Gasteiger partial charge is 0.382 e. The van der Waals surface area contributed by atoms with Crippen LogP contribution in [-0.2, 0) is 14.3 Å². The fraction of sp³-hybridized carbons (Fsp3) is 0.579. The van der Waals surface area contributed by atoms with E-state index in [-0.39, 0.29) is 24.7 Å². The summed E-state index contributed by atoms with van der Waals surface area (Å²) in [6.07, 6.45) is 3.05. The Morgan fingerprint density at radius 3 is 2.82 bits per heavy atom. The standard InChI is InChI=1S/C19H27N5O3S/c1-2-27-14-4-9-20-16(25)6-7-17(26)23-10-12-24(13-11-23)19-22-15-5-3-8-21-18(15)28-19/h3,5,8H,2,4,6-7,9-14H2,1H3,(H,20,25). The lowest BCUT2D eigenvalue weighted by Gasteiger charge is -2.34. The molecule has 3 heterocycles. The number of amides is 2. The average molecular weight is 406 g/mol. The molecule has 0 spiro atoms. The molecule has 0 radical (unpaired) electrons. The number of nitrogens with zero attached hydrogens (tertiary/aromatic N) is 4. The normalized spacial score (nSPS) is 14.5. The van der Waals surface area contributed by atoms with E-state index in [0.29, 0.717) is 32.8 Å². The highest BCUT2D eigenvalue weighted by Crippen LogP contribution is 2.27. The zero-order valence-electron chi connectivity index (χ0n) is 16.2. The van der Waals surface area contributed by atoms with Gasteiger partial charge >= 0.3 is 0 Å². The highest BCUT2D eigenvalue weighted by Gasteiger charge is 2.23. The molecule has 0 unspecified atom stereocenters. The van der Waals surface area contributed by atoms with Crippen LogP contribution in [0.1, 0.15) is 26.2 Å². The number of carbonyl (C=O) groups is 2. The Balaban J connectivity index is 1.37. The summed E-state index contributed by atoms with van der Waals surface area (Å²) in [5.41, 5.74) is 0.910. The quantitative estimate of drug-likeness (QED) is 0.639. The molecule has 2 amide bonds. The third kappa shape index (κ3) is 5.62. The maximum absolute atomic E-state index is 12.4. The Labute approximate surface area is 168 Å². The molecule has 1 aliphatic rings. The van der Waals surface area contributed by atoms with Gasteiger partial charge in [-0.15, -0.1) is 0 Å².